The van der Waals surface area contributed by atoms with E-state index in [1.165, 1.54) is 18.4 Å². The summed E-state index contributed by atoms with van der Waals surface area (Å²) in [5.74, 6) is 0.760. The van der Waals surface area contributed by atoms with Gasteiger partial charge in [-0.3, -0.25) is 4.79 Å². The van der Waals surface area contributed by atoms with Gasteiger partial charge in [-0.2, -0.15) is 0 Å². The normalized spacial score (nSPS) is 25.9. The Labute approximate surface area is 159 Å². The molecule has 1 aromatic carbocycles. The van der Waals surface area contributed by atoms with Crippen molar-refractivity contribution >= 4 is 34.2 Å². The number of carbonyl (C=O) groups excluding carboxylic acids is 1. The van der Waals surface area contributed by atoms with Crippen molar-refractivity contribution in [2.24, 2.45) is 5.92 Å². The van der Waals surface area contributed by atoms with Crippen LogP contribution in [0.3, 0.4) is 0 Å². The molecule has 1 aromatic rings. The second kappa shape index (κ2) is 8.20. The Balaban J connectivity index is 0.00000208. The molecule has 1 amide bonds. The molecule has 0 aliphatic carbocycles. The summed E-state index contributed by atoms with van der Waals surface area (Å²) in [5, 5.41) is 6.89. The fourth-order valence-corrected chi connectivity index (χ4v) is 4.45. The van der Waals surface area contributed by atoms with Gasteiger partial charge in [-0.05, 0) is 69.6 Å². The van der Waals surface area contributed by atoms with E-state index in [9.17, 15) is 4.79 Å². The van der Waals surface area contributed by atoms with Gasteiger partial charge in [0, 0.05) is 28.5 Å². The Morgan fingerprint density at radius 2 is 1.79 bits per heavy atom. The summed E-state index contributed by atoms with van der Waals surface area (Å²) >= 11 is 3.46. The van der Waals surface area contributed by atoms with Gasteiger partial charge in [0.05, 0.1) is 0 Å². The second-order valence-corrected chi connectivity index (χ2v) is 8.83. The third-order valence-electron chi connectivity index (χ3n) is 5.08. The van der Waals surface area contributed by atoms with Crippen LogP contribution in [-0.4, -0.2) is 23.5 Å². The van der Waals surface area contributed by atoms with Crippen molar-refractivity contribution in [3.8, 4) is 0 Å². The van der Waals surface area contributed by atoms with Crippen molar-refractivity contribution < 1.29 is 4.79 Å². The number of halogens is 2. The topological polar surface area (TPSA) is 41.1 Å². The van der Waals surface area contributed by atoms with Crippen LogP contribution < -0.4 is 10.6 Å². The van der Waals surface area contributed by atoms with Gasteiger partial charge in [0.25, 0.3) is 0 Å². The van der Waals surface area contributed by atoms with Crippen LogP contribution in [0.25, 0.3) is 0 Å². The fraction of sp³-hybridized carbons (Fsp3) is 0.632. The highest BCUT2D eigenvalue weighted by atomic mass is 79.9. The SMILES string of the molecule is CC(C)(Cc1ccc(Br)cc1)NC(=O)CC1CC2CCC(C1)N2.Cl. The van der Waals surface area contributed by atoms with E-state index < -0.39 is 0 Å². The summed E-state index contributed by atoms with van der Waals surface area (Å²) in [7, 11) is 0. The molecular weight excluding hydrogens is 388 g/mol. The minimum Gasteiger partial charge on any atom is -0.351 e. The van der Waals surface area contributed by atoms with Crippen LogP contribution in [-0.2, 0) is 11.2 Å². The molecule has 2 N–H and O–H groups in total. The van der Waals surface area contributed by atoms with E-state index >= 15 is 0 Å². The van der Waals surface area contributed by atoms with E-state index in [0.29, 0.717) is 24.4 Å². The minimum absolute atomic E-state index is 0. The van der Waals surface area contributed by atoms with Crippen molar-refractivity contribution in [3.05, 3.63) is 34.3 Å². The lowest BCUT2D eigenvalue weighted by Crippen LogP contribution is -2.46. The van der Waals surface area contributed by atoms with Gasteiger partial charge in [-0.25, -0.2) is 0 Å². The zero-order chi connectivity index (χ0) is 16.4. The lowest BCUT2D eigenvalue weighted by Gasteiger charge is -2.31. The van der Waals surface area contributed by atoms with Gasteiger partial charge in [0.1, 0.15) is 0 Å². The molecule has 3 nitrogen and oxygen atoms in total. The van der Waals surface area contributed by atoms with Gasteiger partial charge >= 0.3 is 0 Å². The molecule has 2 unspecified atom stereocenters. The molecule has 0 aromatic heterocycles. The summed E-state index contributed by atoms with van der Waals surface area (Å²) in [5.41, 5.74) is 1.04. The molecule has 0 radical (unpaired) electrons. The minimum atomic E-state index is -0.211. The molecule has 2 atom stereocenters. The van der Waals surface area contributed by atoms with E-state index in [2.05, 4.69) is 64.7 Å². The Kier molecular flexibility index (Phi) is 6.74. The molecule has 2 aliphatic heterocycles. The molecular formula is C19H28BrClN2O. The van der Waals surface area contributed by atoms with Crippen molar-refractivity contribution in [2.45, 2.75) is 70.0 Å². The first-order valence-corrected chi connectivity index (χ1v) is 9.50. The van der Waals surface area contributed by atoms with Crippen LogP contribution in [0.5, 0.6) is 0 Å². The van der Waals surface area contributed by atoms with Crippen molar-refractivity contribution in [2.75, 3.05) is 0 Å². The highest BCUT2D eigenvalue weighted by Gasteiger charge is 2.34. The van der Waals surface area contributed by atoms with Gasteiger partial charge in [0.15, 0.2) is 0 Å². The second-order valence-electron chi connectivity index (χ2n) is 7.91. The average Bonchev–Trinajstić information content (AvgIpc) is 2.79. The van der Waals surface area contributed by atoms with Crippen LogP contribution in [0.1, 0.15) is 51.5 Å². The summed E-state index contributed by atoms with van der Waals surface area (Å²) in [6, 6.07) is 9.64. The van der Waals surface area contributed by atoms with Crippen molar-refractivity contribution in [3.63, 3.8) is 0 Å². The molecule has 24 heavy (non-hydrogen) atoms. The fourth-order valence-electron chi connectivity index (χ4n) is 4.19. The van der Waals surface area contributed by atoms with Gasteiger partial charge in [-0.1, -0.05) is 28.1 Å². The lowest BCUT2D eigenvalue weighted by molar-refractivity contribution is -0.123. The Morgan fingerprint density at radius 1 is 1.21 bits per heavy atom. The smallest absolute Gasteiger partial charge is 0.220 e. The highest BCUT2D eigenvalue weighted by molar-refractivity contribution is 9.10. The van der Waals surface area contributed by atoms with Gasteiger partial charge in [0.2, 0.25) is 5.91 Å². The number of benzene rings is 1. The molecule has 2 aliphatic rings. The molecule has 0 spiro atoms. The van der Waals surface area contributed by atoms with E-state index in [4.69, 9.17) is 0 Å². The maximum absolute atomic E-state index is 12.5. The van der Waals surface area contributed by atoms with Crippen molar-refractivity contribution in [1.82, 2.24) is 10.6 Å². The third-order valence-corrected chi connectivity index (χ3v) is 5.61. The van der Waals surface area contributed by atoms with Crippen LogP contribution >= 0.6 is 28.3 Å². The van der Waals surface area contributed by atoms with Crippen LogP contribution in [0.4, 0.5) is 0 Å². The zero-order valence-electron chi connectivity index (χ0n) is 14.5. The predicted molar refractivity (Wildman–Crippen MR) is 105 cm³/mol. The van der Waals surface area contributed by atoms with E-state index in [1.54, 1.807) is 0 Å². The quantitative estimate of drug-likeness (QED) is 0.755. The Bertz CT molecular complexity index is 549. The Morgan fingerprint density at radius 3 is 2.38 bits per heavy atom. The first kappa shape index (κ1) is 19.7. The Hall–Kier alpha value is -0.580. The largest absolute Gasteiger partial charge is 0.351 e. The highest BCUT2D eigenvalue weighted by Crippen LogP contribution is 2.32. The standard InChI is InChI=1S/C19H27BrN2O.ClH/c1-19(2,12-13-3-5-15(20)6-4-13)22-18(23)11-14-9-16-7-8-17(10-14)21-16;/h3-6,14,16-17,21H,7-12H2,1-2H3,(H,22,23);1H. The zero-order valence-corrected chi connectivity index (χ0v) is 16.9. The number of hydrogen-bond donors (Lipinski definition) is 2. The molecule has 2 saturated heterocycles. The predicted octanol–water partition coefficient (Wildman–Crippen LogP) is 4.23. The lowest BCUT2D eigenvalue weighted by atomic mass is 9.88. The van der Waals surface area contributed by atoms with E-state index in [0.717, 1.165) is 23.7 Å². The molecule has 5 heteroatoms. The number of rotatable bonds is 5. The van der Waals surface area contributed by atoms with Crippen LogP contribution in [0.2, 0.25) is 0 Å². The number of piperidine rings is 1. The third kappa shape index (κ3) is 5.47. The maximum Gasteiger partial charge on any atom is 0.220 e. The maximum atomic E-state index is 12.5. The summed E-state index contributed by atoms with van der Waals surface area (Å²) in [6.07, 6.45) is 6.44. The first-order chi connectivity index (χ1) is 10.9. The molecule has 2 bridgehead atoms. The number of amides is 1. The first-order valence-electron chi connectivity index (χ1n) is 8.71. The number of hydrogen-bond acceptors (Lipinski definition) is 2. The monoisotopic (exact) mass is 414 g/mol. The number of nitrogens with one attached hydrogen (secondary N) is 2. The van der Waals surface area contributed by atoms with Gasteiger partial charge < -0.3 is 10.6 Å². The molecule has 0 saturated carbocycles. The molecule has 2 fully saturated rings. The molecule has 2 heterocycles. The number of fused-ring (bicyclic) bond motifs is 2. The number of carbonyl (C=O) groups is 1. The van der Waals surface area contributed by atoms with Crippen LogP contribution in [0, 0.1) is 5.92 Å². The summed E-state index contributed by atoms with van der Waals surface area (Å²) < 4.78 is 1.09. The summed E-state index contributed by atoms with van der Waals surface area (Å²) in [6.45, 7) is 4.22. The van der Waals surface area contributed by atoms with Gasteiger partial charge in [-0.15, -0.1) is 12.4 Å². The molecule has 134 valence electrons. The van der Waals surface area contributed by atoms with E-state index in [1.807, 2.05) is 0 Å². The average molecular weight is 416 g/mol. The van der Waals surface area contributed by atoms with Crippen LogP contribution in [0.15, 0.2) is 28.7 Å². The van der Waals surface area contributed by atoms with Crippen molar-refractivity contribution in [1.29, 1.82) is 0 Å². The molecule has 3 rings (SSSR count). The summed E-state index contributed by atoms with van der Waals surface area (Å²) in [4.78, 5) is 12.5. The van der Waals surface area contributed by atoms with E-state index in [-0.39, 0.29) is 23.9 Å².